The fourth-order valence-electron chi connectivity index (χ4n) is 2.69. The average molecular weight is 408 g/mol. The molecular formula is C21H17FN4O2S. The van der Waals surface area contributed by atoms with Crippen molar-refractivity contribution in [2.75, 3.05) is 0 Å². The quantitative estimate of drug-likeness (QED) is 0.494. The second kappa shape index (κ2) is 8.74. The molecule has 4 aromatic rings. The molecule has 2 aromatic heterocycles. The lowest BCUT2D eigenvalue weighted by Crippen LogP contribution is -2.22. The Morgan fingerprint density at radius 3 is 2.62 bits per heavy atom. The number of aromatic nitrogens is 3. The summed E-state index contributed by atoms with van der Waals surface area (Å²) >= 11 is 1.51. The number of carbonyl (C=O) groups excluding carboxylic acids is 1. The van der Waals surface area contributed by atoms with Crippen molar-refractivity contribution in [1.29, 1.82) is 0 Å². The highest BCUT2D eigenvalue weighted by Crippen LogP contribution is 2.21. The number of nitrogens with one attached hydrogen (secondary N) is 1. The zero-order chi connectivity index (χ0) is 20.1. The Morgan fingerprint density at radius 1 is 1.03 bits per heavy atom. The molecule has 0 unspecified atom stereocenters. The summed E-state index contributed by atoms with van der Waals surface area (Å²) in [7, 11) is 0. The first-order chi connectivity index (χ1) is 14.2. The van der Waals surface area contributed by atoms with E-state index < -0.39 is 0 Å². The number of carbonyl (C=O) groups is 1. The first-order valence-electron chi connectivity index (χ1n) is 9.02. The molecule has 0 radical (unpaired) electrons. The van der Waals surface area contributed by atoms with E-state index in [1.165, 1.54) is 23.5 Å². The molecule has 0 saturated carbocycles. The molecule has 2 aromatic carbocycles. The van der Waals surface area contributed by atoms with Gasteiger partial charge in [0.25, 0.3) is 0 Å². The Labute approximate surface area is 170 Å². The Balaban J connectivity index is 1.27. The summed E-state index contributed by atoms with van der Waals surface area (Å²) < 4.78 is 18.2. The largest absolute Gasteiger partial charge is 0.350 e. The van der Waals surface area contributed by atoms with Crippen LogP contribution in [0.5, 0.6) is 0 Å². The molecule has 0 atom stereocenters. The van der Waals surface area contributed by atoms with Gasteiger partial charge in [0, 0.05) is 29.3 Å². The molecule has 1 amide bonds. The summed E-state index contributed by atoms with van der Waals surface area (Å²) in [5.41, 5.74) is 2.61. The number of amides is 1. The SMILES string of the molecule is O=C(CCc1nc(-c2ccc(F)cc2)no1)NCc1nc(-c2ccccc2)cs1. The van der Waals surface area contributed by atoms with Crippen LogP contribution in [-0.4, -0.2) is 21.0 Å². The Hall–Kier alpha value is -3.39. The molecule has 0 aliphatic heterocycles. The van der Waals surface area contributed by atoms with E-state index in [-0.39, 0.29) is 18.1 Å². The Morgan fingerprint density at radius 2 is 1.83 bits per heavy atom. The Bertz CT molecular complexity index is 1090. The second-order valence-corrected chi connectivity index (χ2v) is 7.23. The van der Waals surface area contributed by atoms with Gasteiger partial charge >= 0.3 is 0 Å². The smallest absolute Gasteiger partial charge is 0.227 e. The number of thiazole rings is 1. The van der Waals surface area contributed by atoms with Crippen molar-refractivity contribution in [2.24, 2.45) is 0 Å². The maximum absolute atomic E-state index is 13.0. The number of hydrogen-bond acceptors (Lipinski definition) is 6. The highest BCUT2D eigenvalue weighted by Gasteiger charge is 2.11. The molecule has 4 rings (SSSR count). The number of benzene rings is 2. The third-order valence-electron chi connectivity index (χ3n) is 4.19. The van der Waals surface area contributed by atoms with Gasteiger partial charge in [-0.3, -0.25) is 4.79 Å². The maximum atomic E-state index is 13.0. The molecule has 1 N–H and O–H groups in total. The van der Waals surface area contributed by atoms with Gasteiger partial charge in [-0.1, -0.05) is 35.5 Å². The van der Waals surface area contributed by atoms with Gasteiger partial charge < -0.3 is 9.84 Å². The van der Waals surface area contributed by atoms with E-state index >= 15 is 0 Å². The van der Waals surface area contributed by atoms with Crippen LogP contribution < -0.4 is 5.32 Å². The number of halogens is 1. The predicted molar refractivity (Wildman–Crippen MR) is 107 cm³/mol. The zero-order valence-corrected chi connectivity index (χ0v) is 16.2. The van der Waals surface area contributed by atoms with E-state index in [9.17, 15) is 9.18 Å². The van der Waals surface area contributed by atoms with Gasteiger partial charge in [-0.2, -0.15) is 4.98 Å². The van der Waals surface area contributed by atoms with E-state index in [1.54, 1.807) is 12.1 Å². The molecule has 2 heterocycles. The average Bonchev–Trinajstić information content (AvgIpc) is 3.42. The van der Waals surface area contributed by atoms with Gasteiger partial charge in [0.15, 0.2) is 0 Å². The third-order valence-corrected chi connectivity index (χ3v) is 5.04. The van der Waals surface area contributed by atoms with E-state index in [1.807, 2.05) is 35.7 Å². The van der Waals surface area contributed by atoms with Crippen molar-refractivity contribution in [1.82, 2.24) is 20.4 Å². The predicted octanol–water partition coefficient (Wildman–Crippen LogP) is 4.25. The molecule has 0 fully saturated rings. The van der Waals surface area contributed by atoms with Crippen molar-refractivity contribution >= 4 is 17.2 Å². The maximum Gasteiger partial charge on any atom is 0.227 e. The molecule has 0 aliphatic rings. The number of nitrogens with zero attached hydrogens (tertiary/aromatic N) is 3. The lowest BCUT2D eigenvalue weighted by atomic mass is 10.2. The first-order valence-corrected chi connectivity index (χ1v) is 9.90. The third kappa shape index (κ3) is 4.91. The molecular weight excluding hydrogens is 391 g/mol. The van der Waals surface area contributed by atoms with Crippen LogP contribution in [0.2, 0.25) is 0 Å². The molecule has 0 spiro atoms. The van der Waals surface area contributed by atoms with Gasteiger partial charge in [-0.25, -0.2) is 9.37 Å². The van der Waals surface area contributed by atoms with Crippen LogP contribution in [0.25, 0.3) is 22.6 Å². The lowest BCUT2D eigenvalue weighted by molar-refractivity contribution is -0.121. The van der Waals surface area contributed by atoms with Crippen LogP contribution in [0, 0.1) is 5.82 Å². The molecule has 29 heavy (non-hydrogen) atoms. The molecule has 146 valence electrons. The summed E-state index contributed by atoms with van der Waals surface area (Å²) in [6.07, 6.45) is 0.551. The van der Waals surface area contributed by atoms with Crippen LogP contribution in [0.1, 0.15) is 17.3 Å². The monoisotopic (exact) mass is 408 g/mol. The van der Waals surface area contributed by atoms with Gasteiger partial charge in [0.2, 0.25) is 17.6 Å². The van der Waals surface area contributed by atoms with E-state index in [0.29, 0.717) is 30.2 Å². The minimum atomic E-state index is -0.328. The molecule has 0 saturated heterocycles. The van der Waals surface area contributed by atoms with Crippen molar-refractivity contribution in [2.45, 2.75) is 19.4 Å². The summed E-state index contributed by atoms with van der Waals surface area (Å²) in [5, 5.41) is 9.55. The fourth-order valence-corrected chi connectivity index (χ4v) is 3.43. The van der Waals surface area contributed by atoms with Crippen molar-refractivity contribution < 1.29 is 13.7 Å². The Kier molecular flexibility index (Phi) is 5.71. The van der Waals surface area contributed by atoms with Crippen molar-refractivity contribution in [3.05, 3.63) is 76.7 Å². The fraction of sp³-hybridized carbons (Fsp3) is 0.143. The summed E-state index contributed by atoms with van der Waals surface area (Å²) in [4.78, 5) is 20.9. The van der Waals surface area contributed by atoms with E-state index in [4.69, 9.17) is 4.52 Å². The van der Waals surface area contributed by atoms with Gasteiger partial charge in [0.05, 0.1) is 12.2 Å². The lowest BCUT2D eigenvalue weighted by Gasteiger charge is -2.01. The number of rotatable bonds is 7. The number of aryl methyl sites for hydroxylation is 1. The minimum Gasteiger partial charge on any atom is -0.350 e. The van der Waals surface area contributed by atoms with Crippen molar-refractivity contribution in [3.8, 4) is 22.6 Å². The summed E-state index contributed by atoms with van der Waals surface area (Å²) in [6.45, 7) is 0.376. The van der Waals surface area contributed by atoms with Crippen LogP contribution in [0.15, 0.2) is 64.5 Å². The van der Waals surface area contributed by atoms with Gasteiger partial charge in [0.1, 0.15) is 10.8 Å². The highest BCUT2D eigenvalue weighted by molar-refractivity contribution is 7.09. The van der Waals surface area contributed by atoms with Crippen LogP contribution in [0.4, 0.5) is 4.39 Å². The topological polar surface area (TPSA) is 80.9 Å². The van der Waals surface area contributed by atoms with Crippen molar-refractivity contribution in [3.63, 3.8) is 0 Å². The van der Waals surface area contributed by atoms with E-state index in [2.05, 4.69) is 20.4 Å². The zero-order valence-electron chi connectivity index (χ0n) is 15.3. The summed E-state index contributed by atoms with van der Waals surface area (Å²) in [6, 6.07) is 15.7. The minimum absolute atomic E-state index is 0.122. The first kappa shape index (κ1) is 18.9. The van der Waals surface area contributed by atoms with Gasteiger partial charge in [-0.05, 0) is 24.3 Å². The second-order valence-electron chi connectivity index (χ2n) is 6.29. The van der Waals surface area contributed by atoms with Crippen LogP contribution in [0.3, 0.4) is 0 Å². The van der Waals surface area contributed by atoms with E-state index in [0.717, 1.165) is 16.3 Å². The van der Waals surface area contributed by atoms with Crippen LogP contribution in [-0.2, 0) is 17.8 Å². The standard InChI is InChI=1S/C21H17FN4O2S/c22-16-8-6-15(7-9-16)21-25-19(28-26-21)11-10-18(27)23-12-20-24-17(13-29-20)14-4-2-1-3-5-14/h1-9,13H,10-12H2,(H,23,27). The molecule has 0 aliphatic carbocycles. The summed E-state index contributed by atoms with van der Waals surface area (Å²) in [5.74, 6) is 0.282. The highest BCUT2D eigenvalue weighted by atomic mass is 32.1. The molecule has 6 nitrogen and oxygen atoms in total. The normalized spacial score (nSPS) is 10.8. The molecule has 0 bridgehead atoms. The van der Waals surface area contributed by atoms with Gasteiger partial charge in [-0.15, -0.1) is 11.3 Å². The number of hydrogen-bond donors (Lipinski definition) is 1. The van der Waals surface area contributed by atoms with Crippen LogP contribution >= 0.6 is 11.3 Å². The molecule has 8 heteroatoms.